The van der Waals surface area contributed by atoms with Gasteiger partial charge in [0.2, 0.25) is 0 Å². The first-order valence-corrected chi connectivity index (χ1v) is 8.34. The lowest BCUT2D eigenvalue weighted by atomic mass is 10.1. The van der Waals surface area contributed by atoms with Gasteiger partial charge in [-0.1, -0.05) is 0 Å². The largest absolute Gasteiger partial charge is 0.478 e. The van der Waals surface area contributed by atoms with Crippen molar-refractivity contribution in [1.29, 1.82) is 0 Å². The summed E-state index contributed by atoms with van der Waals surface area (Å²) in [6.07, 6.45) is -9.65. The van der Waals surface area contributed by atoms with Crippen LogP contribution in [0.2, 0.25) is 0 Å². The smallest absolute Gasteiger partial charge is 0.416 e. The molecule has 5 nitrogen and oxygen atoms in total. The zero-order valence-electron chi connectivity index (χ0n) is 12.9. The zero-order chi connectivity index (χ0) is 20.6. The summed E-state index contributed by atoms with van der Waals surface area (Å²) in [5.41, 5.74) is -4.06. The van der Waals surface area contributed by atoms with Gasteiger partial charge in [-0.05, 0) is 42.5 Å². The van der Waals surface area contributed by atoms with Gasteiger partial charge in [-0.15, -0.1) is 0 Å². The lowest BCUT2D eigenvalue weighted by molar-refractivity contribution is -0.138. The van der Waals surface area contributed by atoms with Crippen LogP contribution in [0.25, 0.3) is 0 Å². The first kappa shape index (κ1) is 20.6. The number of halogens is 6. The number of aromatic carboxylic acids is 1. The Labute approximate surface area is 148 Å². The van der Waals surface area contributed by atoms with Gasteiger partial charge in [0.15, 0.2) is 0 Å². The lowest BCUT2D eigenvalue weighted by Crippen LogP contribution is -2.15. The molecule has 0 amide bonds. The second-order valence-electron chi connectivity index (χ2n) is 5.23. The molecular weight excluding hydrogens is 404 g/mol. The third-order valence-corrected chi connectivity index (χ3v) is 4.65. The van der Waals surface area contributed by atoms with Gasteiger partial charge >= 0.3 is 18.3 Å². The zero-order valence-corrected chi connectivity index (χ0v) is 13.7. The molecule has 0 atom stereocenters. The monoisotopic (exact) mass is 413 g/mol. The predicted octanol–water partition coefficient (Wildman–Crippen LogP) is 4.22. The Morgan fingerprint density at radius 1 is 0.852 bits per heavy atom. The minimum Gasteiger partial charge on any atom is -0.478 e. The third kappa shape index (κ3) is 4.90. The standard InChI is InChI=1S/C15H9F6NO4S/c16-14(17,18)9-1-3-12(4-2-9)27(25,26)22-11-6-8(13(23)24)5-10(7-11)15(19,20)21/h1-7,22H,(H,23,24). The highest BCUT2D eigenvalue weighted by Gasteiger charge is 2.33. The van der Waals surface area contributed by atoms with E-state index in [4.69, 9.17) is 5.11 Å². The van der Waals surface area contributed by atoms with Crippen molar-refractivity contribution in [3.05, 3.63) is 59.2 Å². The first-order chi connectivity index (χ1) is 12.2. The van der Waals surface area contributed by atoms with Gasteiger partial charge in [0, 0.05) is 0 Å². The Bertz CT molecular complexity index is 965. The van der Waals surface area contributed by atoms with Crippen LogP contribution < -0.4 is 4.72 Å². The molecule has 2 rings (SSSR count). The molecule has 0 spiro atoms. The number of rotatable bonds is 4. The van der Waals surface area contributed by atoms with Gasteiger partial charge in [-0.3, -0.25) is 4.72 Å². The molecule has 0 unspecified atom stereocenters. The number of anilines is 1. The van der Waals surface area contributed by atoms with Crippen LogP contribution in [0.4, 0.5) is 32.0 Å². The van der Waals surface area contributed by atoms with Crippen molar-refractivity contribution in [3.63, 3.8) is 0 Å². The van der Waals surface area contributed by atoms with Crippen LogP contribution in [0.3, 0.4) is 0 Å². The molecule has 0 heterocycles. The van der Waals surface area contributed by atoms with Crippen molar-refractivity contribution in [2.75, 3.05) is 4.72 Å². The van der Waals surface area contributed by atoms with Gasteiger partial charge in [-0.2, -0.15) is 26.3 Å². The van der Waals surface area contributed by atoms with E-state index in [9.17, 15) is 39.6 Å². The average molecular weight is 413 g/mol. The maximum atomic E-state index is 12.8. The van der Waals surface area contributed by atoms with Crippen molar-refractivity contribution < 1.29 is 44.7 Å². The third-order valence-electron chi connectivity index (χ3n) is 3.25. The number of carboxylic acids is 1. The highest BCUT2D eigenvalue weighted by molar-refractivity contribution is 7.92. The molecule has 0 fully saturated rings. The molecule has 0 bridgehead atoms. The summed E-state index contributed by atoms with van der Waals surface area (Å²) in [6, 6.07) is 3.56. The highest BCUT2D eigenvalue weighted by atomic mass is 32.2. The van der Waals surface area contributed by atoms with E-state index < -0.39 is 55.6 Å². The van der Waals surface area contributed by atoms with E-state index in [0.717, 1.165) is 0 Å². The Morgan fingerprint density at radius 2 is 1.37 bits per heavy atom. The summed E-state index contributed by atoms with van der Waals surface area (Å²) >= 11 is 0. The van der Waals surface area contributed by atoms with Gasteiger partial charge in [-0.25, -0.2) is 13.2 Å². The lowest BCUT2D eigenvalue weighted by Gasteiger charge is -2.13. The van der Waals surface area contributed by atoms with Crippen LogP contribution in [0.1, 0.15) is 21.5 Å². The topological polar surface area (TPSA) is 83.5 Å². The fourth-order valence-electron chi connectivity index (χ4n) is 2.01. The second-order valence-corrected chi connectivity index (χ2v) is 6.91. The van der Waals surface area contributed by atoms with E-state index in [-0.39, 0.29) is 0 Å². The quantitative estimate of drug-likeness (QED) is 0.736. The summed E-state index contributed by atoms with van der Waals surface area (Å²) < 4.78 is 102. The van der Waals surface area contributed by atoms with E-state index >= 15 is 0 Å². The normalized spacial score (nSPS) is 12.7. The van der Waals surface area contributed by atoms with Crippen LogP contribution in [-0.2, 0) is 22.4 Å². The number of hydrogen-bond acceptors (Lipinski definition) is 3. The molecule has 0 radical (unpaired) electrons. The Kier molecular flexibility index (Phi) is 5.14. The van der Waals surface area contributed by atoms with Gasteiger partial charge in [0.05, 0.1) is 27.3 Å². The SMILES string of the molecule is O=C(O)c1cc(NS(=O)(=O)c2ccc(C(F)(F)F)cc2)cc(C(F)(F)F)c1. The van der Waals surface area contributed by atoms with E-state index in [2.05, 4.69) is 0 Å². The first-order valence-electron chi connectivity index (χ1n) is 6.86. The summed E-state index contributed by atoms with van der Waals surface area (Å²) in [5, 5.41) is 8.87. The van der Waals surface area contributed by atoms with E-state index in [1.54, 1.807) is 4.72 Å². The molecule has 146 valence electrons. The van der Waals surface area contributed by atoms with Gasteiger partial charge in [0.1, 0.15) is 0 Å². The molecule has 2 aromatic rings. The van der Waals surface area contributed by atoms with Crippen molar-refractivity contribution in [1.82, 2.24) is 0 Å². The number of carbonyl (C=O) groups is 1. The maximum absolute atomic E-state index is 12.8. The second kappa shape index (κ2) is 6.76. The molecule has 0 aliphatic heterocycles. The van der Waals surface area contributed by atoms with Gasteiger partial charge < -0.3 is 5.11 Å². The van der Waals surface area contributed by atoms with Crippen molar-refractivity contribution in [2.24, 2.45) is 0 Å². The molecule has 0 aliphatic carbocycles. The molecule has 2 aromatic carbocycles. The molecule has 2 N–H and O–H groups in total. The van der Waals surface area contributed by atoms with Gasteiger partial charge in [0.25, 0.3) is 10.0 Å². The van der Waals surface area contributed by atoms with Crippen LogP contribution in [0, 0.1) is 0 Å². The molecule has 0 saturated heterocycles. The number of benzene rings is 2. The molecule has 0 aromatic heterocycles. The number of carboxylic acid groups (broad SMARTS) is 1. The fraction of sp³-hybridized carbons (Fsp3) is 0.133. The maximum Gasteiger partial charge on any atom is 0.416 e. The Morgan fingerprint density at radius 3 is 1.81 bits per heavy atom. The highest BCUT2D eigenvalue weighted by Crippen LogP contribution is 2.33. The summed E-state index contributed by atoms with van der Waals surface area (Å²) in [7, 11) is -4.56. The van der Waals surface area contributed by atoms with Crippen LogP contribution in [0.15, 0.2) is 47.4 Å². The summed E-state index contributed by atoms with van der Waals surface area (Å²) in [4.78, 5) is 10.3. The Hall–Kier alpha value is -2.76. The molecule has 12 heteroatoms. The molecule has 27 heavy (non-hydrogen) atoms. The summed E-state index contributed by atoms with van der Waals surface area (Å²) in [6.45, 7) is 0. The van der Waals surface area contributed by atoms with Crippen LogP contribution in [0.5, 0.6) is 0 Å². The fourth-order valence-corrected chi connectivity index (χ4v) is 3.05. The van der Waals surface area contributed by atoms with E-state index in [1.165, 1.54) is 0 Å². The molecule has 0 saturated carbocycles. The number of alkyl halides is 6. The minimum atomic E-state index is -4.94. The number of sulfonamides is 1. The average Bonchev–Trinajstić information content (AvgIpc) is 2.52. The van der Waals surface area contributed by atoms with E-state index in [1.807, 2.05) is 0 Å². The van der Waals surface area contributed by atoms with Crippen molar-refractivity contribution >= 4 is 21.7 Å². The van der Waals surface area contributed by atoms with Crippen LogP contribution >= 0.6 is 0 Å². The van der Waals surface area contributed by atoms with Crippen molar-refractivity contribution in [2.45, 2.75) is 17.2 Å². The molecular formula is C15H9F6NO4S. The predicted molar refractivity (Wildman–Crippen MR) is 80.7 cm³/mol. The number of hydrogen-bond donors (Lipinski definition) is 2. The summed E-state index contributed by atoms with van der Waals surface area (Å²) in [5.74, 6) is -1.73. The molecule has 0 aliphatic rings. The van der Waals surface area contributed by atoms with Crippen LogP contribution in [-0.4, -0.2) is 19.5 Å². The minimum absolute atomic E-state index is 0.318. The number of nitrogens with one attached hydrogen (secondary N) is 1. The Balaban J connectivity index is 2.42. The van der Waals surface area contributed by atoms with E-state index in [0.29, 0.717) is 42.5 Å². The van der Waals surface area contributed by atoms with Crippen molar-refractivity contribution in [3.8, 4) is 0 Å².